The molecule has 0 heterocycles. The molecule has 0 atom stereocenters. The molecule has 0 aliphatic rings. The zero-order valence-electron chi connectivity index (χ0n) is 32.8. The van der Waals surface area contributed by atoms with Gasteiger partial charge < -0.3 is 0 Å². The van der Waals surface area contributed by atoms with Crippen molar-refractivity contribution in [3.8, 4) is 0 Å². The van der Waals surface area contributed by atoms with Crippen LogP contribution in [0.4, 0.5) is 0 Å². The first-order valence-electron chi connectivity index (χ1n) is 21.3. The summed E-state index contributed by atoms with van der Waals surface area (Å²) in [7, 11) is -1.99. The van der Waals surface area contributed by atoms with Crippen LogP contribution in [0.2, 0.25) is 0 Å². The van der Waals surface area contributed by atoms with Gasteiger partial charge in [0.2, 0.25) is 0 Å². The second-order valence-electron chi connectivity index (χ2n) is 15.5. The number of hydrogen-bond donors (Lipinski definition) is 0. The summed E-state index contributed by atoms with van der Waals surface area (Å²) in [6, 6.07) is 10.1. The maximum Gasteiger partial charge on any atom is 0.0846 e. The zero-order valence-corrected chi connectivity index (χ0v) is 34.6. The van der Waals surface area contributed by atoms with Crippen LogP contribution < -0.4 is 0 Å². The van der Waals surface area contributed by atoms with Gasteiger partial charge in [-0.2, -0.15) is 0 Å². The van der Waals surface area contributed by atoms with Crippen molar-refractivity contribution in [2.75, 3.05) is 37.0 Å². The molecule has 0 spiro atoms. The van der Waals surface area contributed by atoms with E-state index < -0.39 is 14.5 Å². The molecule has 0 unspecified atom stereocenters. The van der Waals surface area contributed by atoms with E-state index in [-0.39, 0.29) is 0 Å². The van der Waals surface area contributed by atoms with Gasteiger partial charge in [-0.05, 0) is 68.9 Å². The highest BCUT2D eigenvalue weighted by Gasteiger charge is 2.40. The maximum absolute atomic E-state index is 2.63. The largest absolute Gasteiger partial charge is 0.0846 e. The topological polar surface area (TPSA) is 0 Å². The second-order valence-corrected chi connectivity index (χ2v) is 24.2. The summed E-state index contributed by atoms with van der Waals surface area (Å²) in [4.78, 5) is 0. The summed E-state index contributed by atoms with van der Waals surface area (Å²) >= 11 is 0. The van der Waals surface area contributed by atoms with E-state index in [2.05, 4.69) is 65.8 Å². The molecule has 0 amide bonds. The van der Waals surface area contributed by atoms with Crippen LogP contribution >= 0.6 is 14.5 Å². The van der Waals surface area contributed by atoms with E-state index in [0.29, 0.717) is 0 Å². The molecule has 1 aromatic carbocycles. The van der Waals surface area contributed by atoms with E-state index in [1.807, 2.05) is 5.56 Å². The number of hydrogen-bond acceptors (Lipinski definition) is 0. The third kappa shape index (κ3) is 20.6. The number of benzene rings is 1. The molecule has 1 aromatic rings. The van der Waals surface area contributed by atoms with E-state index in [1.54, 1.807) is 42.5 Å². The Balaban J connectivity index is 3.33. The van der Waals surface area contributed by atoms with Gasteiger partial charge in [-0.3, -0.25) is 0 Å². The molecule has 1 rings (SSSR count). The van der Waals surface area contributed by atoms with Gasteiger partial charge in [-0.1, -0.05) is 162 Å². The van der Waals surface area contributed by atoms with Gasteiger partial charge in [0.05, 0.1) is 49.3 Å². The standard InChI is InChI=1S/C44H86P2/c1-7-13-19-22-25-30-38-46(39-31-26-23-20-14-8-2,40-32-27-24-21-15-9-3)42-44-34-29-28-33-43(44)41-45(35-16-10-4,36-17-11-5)37-18-12-6/h28-29,33-34H,7-27,30-32,35-42H2,1-6H3/q+2. The summed E-state index contributed by atoms with van der Waals surface area (Å²) in [6.07, 6.45) is 46.9. The van der Waals surface area contributed by atoms with E-state index in [4.69, 9.17) is 0 Å². The predicted molar refractivity (Wildman–Crippen MR) is 222 cm³/mol. The SMILES string of the molecule is CCCCCCCC[P+](CCCCCCCC)(CCCCCCCC)Cc1ccccc1C[P+](CCCC)(CCCC)CCCC. The first-order chi connectivity index (χ1) is 22.5. The zero-order chi connectivity index (χ0) is 33.6. The lowest BCUT2D eigenvalue weighted by molar-refractivity contribution is 0.615. The molecule has 0 fully saturated rings. The van der Waals surface area contributed by atoms with Crippen molar-refractivity contribution < 1.29 is 0 Å². The molecule has 0 saturated heterocycles. The molecular formula is C44H86P2+2. The molecule has 0 aliphatic heterocycles. The fraction of sp³-hybridized carbons (Fsp3) is 0.864. The summed E-state index contributed by atoms with van der Waals surface area (Å²) in [5, 5.41) is 0. The normalized spacial score (nSPS) is 12.3. The molecule has 0 nitrogen and oxygen atoms in total. The third-order valence-corrected chi connectivity index (χ3v) is 20.7. The van der Waals surface area contributed by atoms with Gasteiger partial charge in [0.1, 0.15) is 0 Å². The molecule has 270 valence electrons. The Hall–Kier alpha value is 0.0800. The van der Waals surface area contributed by atoms with Crippen molar-refractivity contribution in [3.63, 3.8) is 0 Å². The predicted octanol–water partition coefficient (Wildman–Crippen LogP) is 16.2. The van der Waals surface area contributed by atoms with E-state index >= 15 is 0 Å². The van der Waals surface area contributed by atoms with Gasteiger partial charge >= 0.3 is 0 Å². The molecular weight excluding hydrogens is 590 g/mol. The molecule has 0 saturated carbocycles. The minimum Gasteiger partial charge on any atom is -0.0654 e. The minimum atomic E-state index is -1.03. The Labute approximate surface area is 293 Å². The molecule has 0 bridgehead atoms. The fourth-order valence-electron chi connectivity index (χ4n) is 7.90. The van der Waals surface area contributed by atoms with Gasteiger partial charge in [0.25, 0.3) is 0 Å². The van der Waals surface area contributed by atoms with Crippen molar-refractivity contribution in [2.24, 2.45) is 0 Å². The highest BCUT2D eigenvalue weighted by Crippen LogP contribution is 2.66. The van der Waals surface area contributed by atoms with Crippen LogP contribution in [0, 0.1) is 0 Å². The molecule has 0 aliphatic carbocycles. The quantitative estimate of drug-likeness (QED) is 0.0503. The van der Waals surface area contributed by atoms with Gasteiger partial charge in [-0.15, -0.1) is 0 Å². The maximum atomic E-state index is 2.63. The van der Waals surface area contributed by atoms with Crippen molar-refractivity contribution in [1.82, 2.24) is 0 Å². The fourth-order valence-corrected chi connectivity index (χ4v) is 17.9. The minimum absolute atomic E-state index is 0.958. The monoisotopic (exact) mass is 677 g/mol. The lowest BCUT2D eigenvalue weighted by atomic mass is 10.1. The van der Waals surface area contributed by atoms with Crippen LogP contribution in [0.1, 0.15) is 207 Å². The highest BCUT2D eigenvalue weighted by atomic mass is 31.2. The lowest BCUT2D eigenvalue weighted by Crippen LogP contribution is -2.15. The molecule has 2 heteroatoms. The average molecular weight is 677 g/mol. The van der Waals surface area contributed by atoms with Crippen LogP contribution in [0.25, 0.3) is 0 Å². The van der Waals surface area contributed by atoms with Crippen LogP contribution in [0.3, 0.4) is 0 Å². The van der Waals surface area contributed by atoms with E-state index in [0.717, 1.165) is 0 Å². The first kappa shape index (κ1) is 44.1. The summed E-state index contributed by atoms with van der Waals surface area (Å²) < 4.78 is 0. The van der Waals surface area contributed by atoms with Gasteiger partial charge in [0.15, 0.2) is 0 Å². The second kappa shape index (κ2) is 29.9. The first-order valence-corrected chi connectivity index (χ1v) is 26.4. The number of unbranched alkanes of at least 4 members (excludes halogenated alkanes) is 18. The van der Waals surface area contributed by atoms with Gasteiger partial charge in [0, 0.05) is 14.5 Å². The van der Waals surface area contributed by atoms with Crippen molar-refractivity contribution in [2.45, 2.75) is 208 Å². The summed E-state index contributed by atoms with van der Waals surface area (Å²) in [6.45, 7) is 14.4. The smallest absolute Gasteiger partial charge is 0.0654 e. The van der Waals surface area contributed by atoms with Crippen LogP contribution in [0.5, 0.6) is 0 Å². The van der Waals surface area contributed by atoms with Gasteiger partial charge in [-0.25, -0.2) is 0 Å². The lowest BCUT2D eigenvalue weighted by Gasteiger charge is -2.31. The van der Waals surface area contributed by atoms with Crippen LogP contribution in [-0.4, -0.2) is 37.0 Å². The highest BCUT2D eigenvalue weighted by molar-refractivity contribution is 7.75. The third-order valence-electron chi connectivity index (χ3n) is 11.0. The van der Waals surface area contributed by atoms with Crippen molar-refractivity contribution in [1.29, 1.82) is 0 Å². The Kier molecular flexibility index (Phi) is 28.7. The Morgan fingerprint density at radius 1 is 0.304 bits per heavy atom. The van der Waals surface area contributed by atoms with E-state index in [1.165, 1.54) is 166 Å². The average Bonchev–Trinajstić information content (AvgIpc) is 3.07. The molecule has 46 heavy (non-hydrogen) atoms. The summed E-state index contributed by atoms with van der Waals surface area (Å²) in [5.74, 6) is 0. The van der Waals surface area contributed by atoms with E-state index in [9.17, 15) is 0 Å². The van der Waals surface area contributed by atoms with Crippen LogP contribution in [0.15, 0.2) is 24.3 Å². The number of rotatable bonds is 34. The van der Waals surface area contributed by atoms with Crippen molar-refractivity contribution in [3.05, 3.63) is 35.4 Å². The summed E-state index contributed by atoms with van der Waals surface area (Å²) in [5.41, 5.74) is 3.62. The molecule has 0 N–H and O–H groups in total. The molecule has 0 radical (unpaired) electrons. The molecule has 0 aromatic heterocycles. The Morgan fingerprint density at radius 3 is 0.826 bits per heavy atom. The van der Waals surface area contributed by atoms with Crippen molar-refractivity contribution >= 4 is 14.5 Å². The Bertz CT molecular complexity index is 723. The van der Waals surface area contributed by atoms with Crippen LogP contribution in [-0.2, 0) is 12.3 Å². The Morgan fingerprint density at radius 2 is 0.543 bits per heavy atom.